The molecule has 0 aliphatic heterocycles. The van der Waals surface area contributed by atoms with Crippen LogP contribution in [0.4, 0.5) is 26.3 Å². The lowest BCUT2D eigenvalue weighted by molar-refractivity contribution is -0.327. The molecular weight excluding hydrogens is 278 g/mol. The molecule has 0 aromatic rings. The molecule has 0 saturated heterocycles. The molecule has 0 aliphatic rings. The zero-order chi connectivity index (χ0) is 15.2. The molecule has 19 heavy (non-hydrogen) atoms. The minimum absolute atomic E-state index is 0.454. The van der Waals surface area contributed by atoms with Crippen molar-refractivity contribution < 1.29 is 35.8 Å². The number of alkyl halides is 6. The summed E-state index contributed by atoms with van der Waals surface area (Å²) in [5.41, 5.74) is 0. The van der Waals surface area contributed by atoms with Crippen LogP contribution in [0.1, 0.15) is 0 Å². The zero-order valence-corrected chi connectivity index (χ0v) is 9.98. The Morgan fingerprint density at radius 2 is 1.05 bits per heavy atom. The van der Waals surface area contributed by atoms with Crippen molar-refractivity contribution in [3.63, 3.8) is 0 Å². The summed E-state index contributed by atoms with van der Waals surface area (Å²) >= 11 is 0. The van der Waals surface area contributed by atoms with E-state index in [0.29, 0.717) is 0 Å². The lowest BCUT2D eigenvalue weighted by atomic mass is 10.1. The largest absolute Gasteiger partial charge is 0.376 e. The first-order chi connectivity index (χ1) is 8.62. The summed E-state index contributed by atoms with van der Waals surface area (Å²) in [6.07, 6.45) is 2.05. The second-order valence-electron chi connectivity index (χ2n) is 3.59. The minimum Gasteiger partial charge on any atom is -0.371 e. The second-order valence-corrected chi connectivity index (χ2v) is 3.59. The number of ether oxygens (including phenoxy) is 2. The van der Waals surface area contributed by atoms with Gasteiger partial charge < -0.3 is 9.47 Å². The first-order valence-electron chi connectivity index (χ1n) is 5.13. The lowest BCUT2D eigenvalue weighted by Crippen LogP contribution is -2.58. The SMILES string of the molecule is C=CCOCC(F)(F)C(F)(F)C(F)(F)COCC=C. The van der Waals surface area contributed by atoms with E-state index in [9.17, 15) is 26.3 Å². The van der Waals surface area contributed by atoms with E-state index < -0.39 is 44.2 Å². The Morgan fingerprint density at radius 1 is 0.737 bits per heavy atom. The fourth-order valence-corrected chi connectivity index (χ4v) is 0.990. The lowest BCUT2D eigenvalue weighted by Gasteiger charge is -2.32. The Kier molecular flexibility index (Phi) is 6.58. The molecule has 0 aromatic carbocycles. The van der Waals surface area contributed by atoms with Gasteiger partial charge in [0.25, 0.3) is 0 Å². The number of halogens is 6. The molecular formula is C11H14F6O2. The molecule has 0 unspecified atom stereocenters. The Bertz CT molecular complexity index is 276. The van der Waals surface area contributed by atoms with Gasteiger partial charge in [0.2, 0.25) is 0 Å². The average molecular weight is 292 g/mol. The van der Waals surface area contributed by atoms with E-state index in [2.05, 4.69) is 22.6 Å². The maximum absolute atomic E-state index is 13.1. The van der Waals surface area contributed by atoms with E-state index >= 15 is 0 Å². The van der Waals surface area contributed by atoms with Crippen LogP contribution in [0.2, 0.25) is 0 Å². The quantitative estimate of drug-likeness (QED) is 0.349. The highest BCUT2D eigenvalue weighted by Crippen LogP contribution is 2.45. The second kappa shape index (κ2) is 6.95. The van der Waals surface area contributed by atoms with Gasteiger partial charge in [0.05, 0.1) is 13.2 Å². The van der Waals surface area contributed by atoms with Crippen LogP contribution >= 0.6 is 0 Å². The summed E-state index contributed by atoms with van der Waals surface area (Å²) in [6.45, 7) is 1.62. The van der Waals surface area contributed by atoms with Crippen molar-refractivity contribution in [3.05, 3.63) is 25.3 Å². The molecule has 0 radical (unpaired) electrons. The van der Waals surface area contributed by atoms with Gasteiger partial charge in [-0.3, -0.25) is 0 Å². The van der Waals surface area contributed by atoms with Gasteiger partial charge in [0, 0.05) is 0 Å². The Hall–Kier alpha value is -1.02. The molecule has 8 heteroatoms. The third-order valence-electron chi connectivity index (χ3n) is 1.96. The van der Waals surface area contributed by atoms with Crippen molar-refractivity contribution in [2.24, 2.45) is 0 Å². The maximum atomic E-state index is 13.1. The van der Waals surface area contributed by atoms with Crippen LogP contribution in [-0.4, -0.2) is 44.2 Å². The molecule has 0 aliphatic carbocycles. The summed E-state index contributed by atoms with van der Waals surface area (Å²) < 4.78 is 86.7. The third kappa shape index (κ3) is 4.54. The zero-order valence-electron chi connectivity index (χ0n) is 9.98. The number of hydrogen-bond donors (Lipinski definition) is 0. The molecule has 0 heterocycles. The minimum atomic E-state index is -5.59. The molecule has 2 nitrogen and oxygen atoms in total. The molecule has 0 bridgehead atoms. The maximum Gasteiger partial charge on any atom is 0.376 e. The van der Waals surface area contributed by atoms with E-state index in [0.717, 1.165) is 12.2 Å². The molecule has 0 aromatic heterocycles. The normalized spacial score (nSPS) is 13.4. The molecule has 0 saturated carbocycles. The fraction of sp³-hybridized carbons (Fsp3) is 0.636. The summed E-state index contributed by atoms with van der Waals surface area (Å²) in [7, 11) is 0. The van der Waals surface area contributed by atoms with Gasteiger partial charge >= 0.3 is 17.8 Å². The van der Waals surface area contributed by atoms with Crippen LogP contribution < -0.4 is 0 Å². The summed E-state index contributed by atoms with van der Waals surface area (Å²) in [5, 5.41) is 0. The van der Waals surface area contributed by atoms with Crippen molar-refractivity contribution >= 4 is 0 Å². The molecule has 0 N–H and O–H groups in total. The highest BCUT2D eigenvalue weighted by Gasteiger charge is 2.71. The Morgan fingerprint density at radius 3 is 1.32 bits per heavy atom. The first kappa shape index (κ1) is 18.0. The summed E-state index contributed by atoms with van der Waals surface area (Å²) in [5.74, 6) is -15.7. The summed E-state index contributed by atoms with van der Waals surface area (Å²) in [6, 6.07) is 0. The van der Waals surface area contributed by atoms with Crippen molar-refractivity contribution in [2.75, 3.05) is 26.4 Å². The predicted octanol–water partition coefficient (Wildman–Crippen LogP) is 3.30. The van der Waals surface area contributed by atoms with Gasteiger partial charge in [-0.05, 0) is 0 Å². The van der Waals surface area contributed by atoms with Gasteiger partial charge in [-0.2, -0.15) is 26.3 Å². The molecule has 112 valence electrons. The van der Waals surface area contributed by atoms with Gasteiger partial charge in [0.15, 0.2) is 0 Å². The predicted molar refractivity (Wildman–Crippen MR) is 56.9 cm³/mol. The number of hydrogen-bond acceptors (Lipinski definition) is 2. The van der Waals surface area contributed by atoms with E-state index in [1.807, 2.05) is 0 Å². The standard InChI is InChI=1S/C11H14F6O2/c1-3-5-18-7-9(12,13)11(16,17)10(14,15)8-19-6-4-2/h3-4H,1-2,5-8H2. The molecule has 0 rings (SSSR count). The monoisotopic (exact) mass is 292 g/mol. The molecule has 0 amide bonds. The van der Waals surface area contributed by atoms with Crippen molar-refractivity contribution in [3.8, 4) is 0 Å². The van der Waals surface area contributed by atoms with Crippen LogP contribution in [0.3, 0.4) is 0 Å². The fourth-order valence-electron chi connectivity index (χ4n) is 0.990. The van der Waals surface area contributed by atoms with Gasteiger partial charge in [-0.25, -0.2) is 0 Å². The molecule has 0 spiro atoms. The van der Waals surface area contributed by atoms with Crippen LogP contribution in [0, 0.1) is 0 Å². The Balaban J connectivity index is 4.77. The van der Waals surface area contributed by atoms with Crippen molar-refractivity contribution in [1.82, 2.24) is 0 Å². The van der Waals surface area contributed by atoms with E-state index in [1.54, 1.807) is 0 Å². The van der Waals surface area contributed by atoms with Gasteiger partial charge in [-0.1, -0.05) is 12.2 Å². The van der Waals surface area contributed by atoms with Crippen LogP contribution in [0.5, 0.6) is 0 Å². The first-order valence-corrected chi connectivity index (χ1v) is 5.13. The highest BCUT2D eigenvalue weighted by molar-refractivity contribution is 4.96. The number of rotatable bonds is 10. The third-order valence-corrected chi connectivity index (χ3v) is 1.96. The topological polar surface area (TPSA) is 18.5 Å². The van der Waals surface area contributed by atoms with Crippen LogP contribution in [-0.2, 0) is 9.47 Å². The van der Waals surface area contributed by atoms with Crippen LogP contribution in [0.25, 0.3) is 0 Å². The van der Waals surface area contributed by atoms with E-state index in [4.69, 9.17) is 0 Å². The summed E-state index contributed by atoms with van der Waals surface area (Å²) in [4.78, 5) is 0. The van der Waals surface area contributed by atoms with Gasteiger partial charge in [0.1, 0.15) is 13.2 Å². The smallest absolute Gasteiger partial charge is 0.371 e. The van der Waals surface area contributed by atoms with Crippen molar-refractivity contribution in [1.29, 1.82) is 0 Å². The van der Waals surface area contributed by atoms with Gasteiger partial charge in [-0.15, -0.1) is 13.2 Å². The van der Waals surface area contributed by atoms with Crippen molar-refractivity contribution in [2.45, 2.75) is 17.8 Å². The molecule has 0 atom stereocenters. The van der Waals surface area contributed by atoms with Crippen LogP contribution in [0.15, 0.2) is 25.3 Å². The van der Waals surface area contributed by atoms with E-state index in [1.165, 1.54) is 0 Å². The highest BCUT2D eigenvalue weighted by atomic mass is 19.3. The average Bonchev–Trinajstić information content (AvgIpc) is 2.29. The van der Waals surface area contributed by atoms with E-state index in [-0.39, 0.29) is 0 Å². The molecule has 0 fully saturated rings. The Labute approximate surface area is 106 Å².